The molecule has 0 saturated carbocycles. The van der Waals surface area contributed by atoms with Gasteiger partial charge in [-0.2, -0.15) is 0 Å². The molecule has 30 heavy (non-hydrogen) atoms. The molecule has 0 saturated heterocycles. The van der Waals surface area contributed by atoms with Gasteiger partial charge in [0.2, 0.25) is 0 Å². The molecular formula is C28H50Si2. The van der Waals surface area contributed by atoms with E-state index in [2.05, 4.69) is 58.2 Å². The number of hydrogen-bond acceptors (Lipinski definition) is 0. The Morgan fingerprint density at radius 1 is 0.733 bits per heavy atom. The molecule has 0 aromatic heterocycles. The van der Waals surface area contributed by atoms with Crippen molar-refractivity contribution in [3.8, 4) is 0 Å². The fourth-order valence-corrected chi connectivity index (χ4v) is 9.80. The van der Waals surface area contributed by atoms with Crippen LogP contribution in [0.1, 0.15) is 96.5 Å². The van der Waals surface area contributed by atoms with Gasteiger partial charge in [-0.15, -0.1) is 0 Å². The lowest BCUT2D eigenvalue weighted by molar-refractivity contribution is 0.622. The van der Waals surface area contributed by atoms with Crippen molar-refractivity contribution in [2.75, 3.05) is 0 Å². The van der Waals surface area contributed by atoms with Crippen molar-refractivity contribution in [1.82, 2.24) is 0 Å². The number of hydrogen-bond donors (Lipinski definition) is 0. The highest BCUT2D eigenvalue weighted by Crippen LogP contribution is 2.21. The Kier molecular flexibility index (Phi) is 13.2. The molecule has 0 nitrogen and oxygen atoms in total. The average molecular weight is 443 g/mol. The standard InChI is InChI=1S/C28H50Si2/c1-8-11-13-15-17-19-23-29(4,5)27-21-22-28(26(10-3)25-27)30(6,7)24-20-18-16-14-12-9-2/h3,10,22,25H,8-9,11-20,23-24H2,1-2,4-7H3. The molecule has 0 aliphatic rings. The maximum absolute atomic E-state index is 6.14. The van der Waals surface area contributed by atoms with Crippen LogP contribution >= 0.6 is 0 Å². The zero-order valence-electron chi connectivity index (χ0n) is 21.2. The van der Waals surface area contributed by atoms with Gasteiger partial charge >= 0.3 is 0 Å². The van der Waals surface area contributed by atoms with Gasteiger partial charge in [0.25, 0.3) is 0 Å². The van der Waals surface area contributed by atoms with E-state index in [1.54, 1.807) is 0 Å². The van der Waals surface area contributed by atoms with Crippen LogP contribution in [-0.4, -0.2) is 16.1 Å². The fraction of sp³-hybridized carbons (Fsp3) is 0.714. The molecule has 0 spiro atoms. The highest BCUT2D eigenvalue weighted by molar-refractivity contribution is 6.91. The minimum atomic E-state index is -1.47. The van der Waals surface area contributed by atoms with Crippen LogP contribution in [0.5, 0.6) is 0 Å². The van der Waals surface area contributed by atoms with Crippen LogP contribution in [0.4, 0.5) is 0 Å². The Bertz CT molecular complexity index is 601. The molecule has 0 atom stereocenters. The second-order valence-corrected chi connectivity index (χ2v) is 20.3. The molecule has 1 aromatic rings. The second kappa shape index (κ2) is 14.5. The fourth-order valence-electron chi connectivity index (χ4n) is 4.59. The Morgan fingerprint density at radius 2 is 1.20 bits per heavy atom. The molecule has 1 rings (SSSR count). The van der Waals surface area contributed by atoms with Crippen molar-refractivity contribution in [2.24, 2.45) is 0 Å². The summed E-state index contributed by atoms with van der Waals surface area (Å²) in [5, 5.41) is 2.99. The summed E-state index contributed by atoms with van der Waals surface area (Å²) in [5.74, 6) is 0. The molecule has 2 radical (unpaired) electrons. The maximum Gasteiger partial charge on any atom is 0.0814 e. The first-order chi connectivity index (χ1) is 14.3. The first-order valence-corrected chi connectivity index (χ1v) is 19.3. The number of rotatable bonds is 17. The minimum absolute atomic E-state index is 1.30. The first-order valence-electron chi connectivity index (χ1n) is 12.9. The van der Waals surface area contributed by atoms with Crippen molar-refractivity contribution in [2.45, 2.75) is 129 Å². The zero-order valence-corrected chi connectivity index (χ0v) is 23.2. The molecule has 0 bridgehead atoms. The number of benzene rings is 1. The molecule has 0 unspecified atom stereocenters. The van der Waals surface area contributed by atoms with Gasteiger partial charge in [0.05, 0.1) is 16.1 Å². The predicted molar refractivity (Wildman–Crippen MR) is 145 cm³/mol. The van der Waals surface area contributed by atoms with Crippen LogP contribution in [0.25, 0.3) is 6.08 Å². The summed E-state index contributed by atoms with van der Waals surface area (Å²) < 4.78 is 0. The lowest BCUT2D eigenvalue weighted by Crippen LogP contribution is -2.47. The molecule has 0 amide bonds. The molecule has 0 aliphatic carbocycles. The van der Waals surface area contributed by atoms with E-state index in [9.17, 15) is 0 Å². The summed E-state index contributed by atoms with van der Waals surface area (Å²) in [6.07, 6.45) is 18.5. The molecule has 0 fully saturated rings. The van der Waals surface area contributed by atoms with Crippen molar-refractivity contribution >= 4 is 32.6 Å². The van der Waals surface area contributed by atoms with Crippen molar-refractivity contribution in [3.05, 3.63) is 30.3 Å². The molecule has 0 N–H and O–H groups in total. The van der Waals surface area contributed by atoms with E-state index in [1.165, 1.54) is 105 Å². The van der Waals surface area contributed by atoms with Gasteiger partial charge in [0, 0.05) is 0 Å². The van der Waals surface area contributed by atoms with Crippen LogP contribution in [0.3, 0.4) is 0 Å². The number of unbranched alkanes of at least 4 members (excludes halogenated alkanes) is 10. The summed E-state index contributed by atoms with van der Waals surface area (Å²) >= 11 is 0. The SMILES string of the molecule is [CH]=Cc1cc([Si](C)(C)CCCCCCCC)[c]cc1[Si](C)(C)CCCCCCCC. The van der Waals surface area contributed by atoms with Crippen LogP contribution in [0.15, 0.2) is 12.1 Å². The Labute approximate surface area is 192 Å². The van der Waals surface area contributed by atoms with Gasteiger partial charge in [-0.05, 0) is 11.6 Å². The third-order valence-corrected chi connectivity index (χ3v) is 13.8. The highest BCUT2D eigenvalue weighted by Gasteiger charge is 2.28. The van der Waals surface area contributed by atoms with Crippen molar-refractivity contribution in [3.63, 3.8) is 0 Å². The second-order valence-electron chi connectivity index (χ2n) is 10.7. The average Bonchev–Trinajstić information content (AvgIpc) is 2.72. The molecule has 0 aliphatic heterocycles. The topological polar surface area (TPSA) is 0 Å². The molecule has 2 heteroatoms. The first kappa shape index (κ1) is 27.4. The summed E-state index contributed by atoms with van der Waals surface area (Å²) in [7, 11) is -2.90. The Morgan fingerprint density at radius 3 is 1.70 bits per heavy atom. The quantitative estimate of drug-likeness (QED) is 0.167. The van der Waals surface area contributed by atoms with Crippen LogP contribution in [0, 0.1) is 12.6 Å². The van der Waals surface area contributed by atoms with E-state index >= 15 is 0 Å². The van der Waals surface area contributed by atoms with Crippen LogP contribution in [-0.2, 0) is 0 Å². The van der Waals surface area contributed by atoms with E-state index in [0.29, 0.717) is 0 Å². The van der Waals surface area contributed by atoms with Crippen LogP contribution in [0.2, 0.25) is 38.3 Å². The summed E-state index contributed by atoms with van der Waals surface area (Å²) in [5.41, 5.74) is 1.30. The molecular weight excluding hydrogens is 392 g/mol. The van der Waals surface area contributed by atoms with Gasteiger partial charge in [0.15, 0.2) is 0 Å². The van der Waals surface area contributed by atoms with Crippen molar-refractivity contribution in [1.29, 1.82) is 0 Å². The Balaban J connectivity index is 2.70. The van der Waals surface area contributed by atoms with Gasteiger partial charge in [-0.1, -0.05) is 164 Å². The lowest BCUT2D eigenvalue weighted by atomic mass is 10.1. The van der Waals surface area contributed by atoms with Crippen LogP contribution < -0.4 is 10.4 Å². The predicted octanol–water partition coefficient (Wildman–Crippen LogP) is 8.48. The molecule has 1 aromatic carbocycles. The van der Waals surface area contributed by atoms with Gasteiger partial charge in [-0.25, -0.2) is 0 Å². The maximum atomic E-state index is 6.14. The van der Waals surface area contributed by atoms with E-state index in [1.807, 2.05) is 6.08 Å². The van der Waals surface area contributed by atoms with Gasteiger partial charge < -0.3 is 0 Å². The van der Waals surface area contributed by atoms with E-state index < -0.39 is 16.1 Å². The summed E-state index contributed by atoms with van der Waals surface area (Å²) in [6.45, 7) is 20.8. The lowest BCUT2D eigenvalue weighted by Gasteiger charge is -2.28. The third-order valence-electron chi connectivity index (χ3n) is 6.93. The third kappa shape index (κ3) is 9.68. The smallest absolute Gasteiger partial charge is 0.0654 e. The monoisotopic (exact) mass is 442 g/mol. The zero-order chi connectivity index (χ0) is 22.5. The van der Waals surface area contributed by atoms with Gasteiger partial charge in [0.1, 0.15) is 0 Å². The summed E-state index contributed by atoms with van der Waals surface area (Å²) in [6, 6.07) is 11.2. The van der Waals surface area contributed by atoms with Gasteiger partial charge in [-0.3, -0.25) is 0 Å². The summed E-state index contributed by atoms with van der Waals surface area (Å²) in [4.78, 5) is 0. The molecule has 0 heterocycles. The highest BCUT2D eigenvalue weighted by atomic mass is 28.3. The Hall–Kier alpha value is -0.606. The minimum Gasteiger partial charge on any atom is -0.0654 e. The normalized spacial score (nSPS) is 12.3. The molecule has 170 valence electrons. The van der Waals surface area contributed by atoms with E-state index in [-0.39, 0.29) is 0 Å². The van der Waals surface area contributed by atoms with E-state index in [4.69, 9.17) is 6.58 Å². The van der Waals surface area contributed by atoms with Crippen molar-refractivity contribution < 1.29 is 0 Å². The van der Waals surface area contributed by atoms with E-state index in [0.717, 1.165) is 0 Å². The largest absolute Gasteiger partial charge is 0.0814 e.